The van der Waals surface area contributed by atoms with Gasteiger partial charge in [0.2, 0.25) is 0 Å². The molecule has 0 atom stereocenters. The van der Waals surface area contributed by atoms with Crippen LogP contribution in [0.5, 0.6) is 0 Å². The topological polar surface area (TPSA) is 45.8 Å². The molecule has 0 fully saturated rings. The molecule has 0 bridgehead atoms. The number of aromatic nitrogens is 2. The number of benzene rings is 1. The Bertz CT molecular complexity index is 531. The monoisotopic (exact) mass is 264 g/mol. The quantitative estimate of drug-likeness (QED) is 0.861. The maximum atomic E-state index is 11.6. The van der Waals surface area contributed by atoms with Crippen LogP contribution in [0.15, 0.2) is 39.7 Å². The summed E-state index contributed by atoms with van der Waals surface area (Å²) in [6.07, 6.45) is 1.59. The summed E-state index contributed by atoms with van der Waals surface area (Å²) >= 11 is 3.35. The minimum atomic E-state index is -0.107. The third-order valence-electron chi connectivity index (χ3n) is 2.08. The second-order valence-corrected chi connectivity index (χ2v) is 4.13. The molecule has 0 amide bonds. The Hall–Kier alpha value is -1.42. The highest BCUT2D eigenvalue weighted by Gasteiger charge is 2.03. The predicted molar refractivity (Wildman–Crippen MR) is 62.7 cm³/mol. The maximum Gasteiger partial charge on any atom is 0.258 e. The smallest absolute Gasteiger partial charge is 0.258 e. The fourth-order valence-corrected chi connectivity index (χ4v) is 1.58. The van der Waals surface area contributed by atoms with Crippen molar-refractivity contribution in [2.75, 3.05) is 0 Å². The van der Waals surface area contributed by atoms with Gasteiger partial charge < -0.3 is 4.98 Å². The number of rotatable bonds is 1. The van der Waals surface area contributed by atoms with Gasteiger partial charge in [-0.05, 0) is 24.6 Å². The van der Waals surface area contributed by atoms with Crippen molar-refractivity contribution in [3.8, 4) is 11.1 Å². The van der Waals surface area contributed by atoms with Crippen LogP contribution in [0.1, 0.15) is 5.82 Å². The van der Waals surface area contributed by atoms with Crippen molar-refractivity contribution in [1.82, 2.24) is 9.97 Å². The Morgan fingerprint density at radius 2 is 1.93 bits per heavy atom. The number of H-pyrrole nitrogens is 1. The van der Waals surface area contributed by atoms with Crippen LogP contribution in [0.4, 0.5) is 0 Å². The van der Waals surface area contributed by atoms with E-state index >= 15 is 0 Å². The van der Waals surface area contributed by atoms with Crippen molar-refractivity contribution >= 4 is 15.9 Å². The molecule has 1 aromatic carbocycles. The maximum absolute atomic E-state index is 11.6. The molecule has 15 heavy (non-hydrogen) atoms. The van der Waals surface area contributed by atoms with E-state index in [0.717, 1.165) is 10.0 Å². The Labute approximate surface area is 95.3 Å². The van der Waals surface area contributed by atoms with Crippen LogP contribution in [0.25, 0.3) is 11.1 Å². The van der Waals surface area contributed by atoms with Crippen LogP contribution < -0.4 is 5.56 Å². The molecule has 0 spiro atoms. The number of nitrogens with one attached hydrogen (secondary N) is 1. The molecule has 0 radical (unpaired) electrons. The third kappa shape index (κ3) is 2.15. The SMILES string of the molecule is Cc1ncc(-c2ccc(Br)cc2)c(=O)[nH]1. The van der Waals surface area contributed by atoms with Gasteiger partial charge in [-0.15, -0.1) is 0 Å². The van der Waals surface area contributed by atoms with Gasteiger partial charge in [0.15, 0.2) is 0 Å². The Morgan fingerprint density at radius 3 is 2.53 bits per heavy atom. The van der Waals surface area contributed by atoms with Crippen molar-refractivity contribution in [2.45, 2.75) is 6.92 Å². The van der Waals surface area contributed by atoms with E-state index in [1.54, 1.807) is 13.1 Å². The fourth-order valence-electron chi connectivity index (χ4n) is 1.32. The summed E-state index contributed by atoms with van der Waals surface area (Å²) < 4.78 is 0.989. The van der Waals surface area contributed by atoms with Crippen LogP contribution >= 0.6 is 15.9 Å². The van der Waals surface area contributed by atoms with Crippen molar-refractivity contribution in [2.24, 2.45) is 0 Å². The van der Waals surface area contributed by atoms with Gasteiger partial charge in [0, 0.05) is 10.7 Å². The van der Waals surface area contributed by atoms with Crippen LogP contribution in [0, 0.1) is 6.92 Å². The Morgan fingerprint density at radius 1 is 1.27 bits per heavy atom. The lowest BCUT2D eigenvalue weighted by atomic mass is 10.1. The van der Waals surface area contributed by atoms with Crippen molar-refractivity contribution < 1.29 is 0 Å². The minimum Gasteiger partial charge on any atom is -0.310 e. The summed E-state index contributed by atoms with van der Waals surface area (Å²) in [5.41, 5.74) is 1.35. The predicted octanol–water partition coefficient (Wildman–Crippen LogP) is 2.51. The zero-order valence-electron chi connectivity index (χ0n) is 8.12. The van der Waals surface area contributed by atoms with Gasteiger partial charge >= 0.3 is 0 Å². The van der Waals surface area contributed by atoms with Gasteiger partial charge in [-0.3, -0.25) is 4.79 Å². The van der Waals surface area contributed by atoms with Gasteiger partial charge in [0.05, 0.1) is 5.56 Å². The molecule has 1 N–H and O–H groups in total. The summed E-state index contributed by atoms with van der Waals surface area (Å²) in [5.74, 6) is 0.626. The summed E-state index contributed by atoms with van der Waals surface area (Å²) in [6, 6.07) is 7.56. The van der Waals surface area contributed by atoms with E-state index in [0.29, 0.717) is 11.4 Å². The van der Waals surface area contributed by atoms with Gasteiger partial charge in [0.25, 0.3) is 5.56 Å². The largest absolute Gasteiger partial charge is 0.310 e. The molecule has 2 aromatic rings. The molecule has 0 saturated carbocycles. The molecule has 0 aliphatic carbocycles. The van der Waals surface area contributed by atoms with Crippen LogP contribution in [0.2, 0.25) is 0 Å². The number of aromatic amines is 1. The molecule has 3 nitrogen and oxygen atoms in total. The first kappa shape index (κ1) is 10.1. The normalized spacial score (nSPS) is 10.3. The van der Waals surface area contributed by atoms with Crippen molar-refractivity contribution in [3.63, 3.8) is 0 Å². The van der Waals surface area contributed by atoms with E-state index in [4.69, 9.17) is 0 Å². The average Bonchev–Trinajstić information content (AvgIpc) is 2.20. The van der Waals surface area contributed by atoms with Crippen molar-refractivity contribution in [1.29, 1.82) is 0 Å². The molecular weight excluding hydrogens is 256 g/mol. The highest BCUT2D eigenvalue weighted by molar-refractivity contribution is 9.10. The van der Waals surface area contributed by atoms with Crippen LogP contribution in [0.3, 0.4) is 0 Å². The second kappa shape index (κ2) is 3.98. The molecule has 0 unspecified atom stereocenters. The first-order valence-corrected chi connectivity index (χ1v) is 5.28. The summed E-state index contributed by atoms with van der Waals surface area (Å²) in [6.45, 7) is 1.76. The zero-order chi connectivity index (χ0) is 10.8. The number of halogens is 1. The van der Waals surface area contributed by atoms with E-state index < -0.39 is 0 Å². The van der Waals surface area contributed by atoms with Gasteiger partial charge in [-0.1, -0.05) is 28.1 Å². The molecule has 0 aliphatic heterocycles. The standard InChI is InChI=1S/C11H9BrN2O/c1-7-13-6-10(11(15)14-7)8-2-4-9(12)5-3-8/h2-6H,1H3,(H,13,14,15). The minimum absolute atomic E-state index is 0.107. The lowest BCUT2D eigenvalue weighted by molar-refractivity contribution is 1.02. The number of hydrogen-bond acceptors (Lipinski definition) is 2. The average molecular weight is 265 g/mol. The van der Waals surface area contributed by atoms with E-state index in [9.17, 15) is 4.79 Å². The summed E-state index contributed by atoms with van der Waals surface area (Å²) in [4.78, 5) is 18.4. The lowest BCUT2D eigenvalue weighted by Crippen LogP contribution is -2.11. The third-order valence-corrected chi connectivity index (χ3v) is 2.61. The summed E-state index contributed by atoms with van der Waals surface area (Å²) in [5, 5.41) is 0. The highest BCUT2D eigenvalue weighted by Crippen LogP contribution is 2.17. The Balaban J connectivity index is 2.55. The fraction of sp³-hybridized carbons (Fsp3) is 0.0909. The van der Waals surface area contributed by atoms with E-state index in [2.05, 4.69) is 25.9 Å². The van der Waals surface area contributed by atoms with Gasteiger partial charge in [0.1, 0.15) is 5.82 Å². The van der Waals surface area contributed by atoms with Gasteiger partial charge in [-0.25, -0.2) is 4.98 Å². The molecule has 2 rings (SSSR count). The molecular formula is C11H9BrN2O. The van der Waals surface area contributed by atoms with Crippen LogP contribution in [-0.2, 0) is 0 Å². The van der Waals surface area contributed by atoms with Crippen molar-refractivity contribution in [3.05, 3.63) is 51.1 Å². The van der Waals surface area contributed by atoms with E-state index in [1.807, 2.05) is 24.3 Å². The Kier molecular flexibility index (Phi) is 2.68. The lowest BCUT2D eigenvalue weighted by Gasteiger charge is -2.00. The van der Waals surface area contributed by atoms with Gasteiger partial charge in [-0.2, -0.15) is 0 Å². The number of hydrogen-bond donors (Lipinski definition) is 1. The molecule has 4 heteroatoms. The number of nitrogens with zero attached hydrogens (tertiary/aromatic N) is 1. The molecule has 76 valence electrons. The zero-order valence-corrected chi connectivity index (χ0v) is 9.71. The molecule has 1 aromatic heterocycles. The molecule has 0 saturated heterocycles. The van der Waals surface area contributed by atoms with Crippen LogP contribution in [-0.4, -0.2) is 9.97 Å². The molecule has 0 aliphatic rings. The highest BCUT2D eigenvalue weighted by atomic mass is 79.9. The second-order valence-electron chi connectivity index (χ2n) is 3.22. The molecule has 1 heterocycles. The first-order valence-electron chi connectivity index (χ1n) is 4.48. The number of aryl methyl sites for hydroxylation is 1. The van der Waals surface area contributed by atoms with E-state index in [1.165, 1.54) is 0 Å². The first-order chi connectivity index (χ1) is 7.16. The summed E-state index contributed by atoms with van der Waals surface area (Å²) in [7, 11) is 0. The van der Waals surface area contributed by atoms with E-state index in [-0.39, 0.29) is 5.56 Å².